The van der Waals surface area contributed by atoms with Crippen molar-refractivity contribution >= 4 is 17.7 Å². The number of nitrogens with zero attached hydrogens (tertiary/aromatic N) is 2. The zero-order chi connectivity index (χ0) is 19.2. The van der Waals surface area contributed by atoms with Crippen LogP contribution in [0, 0.1) is 18.6 Å². The number of nitrogens with one attached hydrogen (secondary N) is 1. The quantitative estimate of drug-likeness (QED) is 0.512. The van der Waals surface area contributed by atoms with Crippen LogP contribution < -0.4 is 5.32 Å². The van der Waals surface area contributed by atoms with Crippen molar-refractivity contribution in [3.8, 4) is 11.4 Å². The first-order valence-corrected chi connectivity index (χ1v) is 9.24. The Morgan fingerprint density at radius 2 is 1.81 bits per heavy atom. The molecule has 0 saturated carbocycles. The Labute approximate surface area is 160 Å². The smallest absolute Gasteiger partial charge is 0.230 e. The van der Waals surface area contributed by atoms with E-state index in [0.717, 1.165) is 11.3 Å². The van der Waals surface area contributed by atoms with Crippen LogP contribution in [0.25, 0.3) is 11.4 Å². The lowest BCUT2D eigenvalue weighted by Crippen LogP contribution is -2.24. The van der Waals surface area contributed by atoms with Gasteiger partial charge < -0.3 is 5.32 Å². The normalized spacial score (nSPS) is 10.6. The lowest BCUT2D eigenvalue weighted by Gasteiger charge is -2.07. The molecule has 3 aromatic rings. The highest BCUT2D eigenvalue weighted by atomic mass is 32.2. The lowest BCUT2D eigenvalue weighted by atomic mass is 10.2. The van der Waals surface area contributed by atoms with E-state index in [2.05, 4.69) is 15.3 Å². The maximum Gasteiger partial charge on any atom is 0.230 e. The Bertz CT molecular complexity index is 948. The van der Waals surface area contributed by atoms with Crippen molar-refractivity contribution in [2.24, 2.45) is 0 Å². The molecule has 0 fully saturated rings. The predicted octanol–water partition coefficient (Wildman–Crippen LogP) is 4.14. The minimum Gasteiger partial charge on any atom is -0.351 e. The van der Waals surface area contributed by atoms with Gasteiger partial charge in [-0.25, -0.2) is 18.7 Å². The number of carbonyl (C=O) groups is 1. The summed E-state index contributed by atoms with van der Waals surface area (Å²) in [6.07, 6.45) is 0. The maximum absolute atomic E-state index is 13.4. The molecule has 0 bridgehead atoms. The summed E-state index contributed by atoms with van der Waals surface area (Å²) in [5.74, 6) is -0.224. The Morgan fingerprint density at radius 1 is 1.04 bits per heavy atom. The fourth-order valence-electron chi connectivity index (χ4n) is 2.36. The number of carbonyl (C=O) groups excluding carboxylic acids is 1. The van der Waals surface area contributed by atoms with Crippen molar-refractivity contribution in [1.82, 2.24) is 15.3 Å². The van der Waals surface area contributed by atoms with Crippen molar-refractivity contribution in [1.29, 1.82) is 0 Å². The molecule has 0 aliphatic heterocycles. The molecular weight excluding hydrogens is 368 g/mol. The molecule has 0 atom stereocenters. The van der Waals surface area contributed by atoms with E-state index in [0.29, 0.717) is 23.0 Å². The molecule has 0 aliphatic carbocycles. The van der Waals surface area contributed by atoms with Gasteiger partial charge in [0, 0.05) is 17.8 Å². The van der Waals surface area contributed by atoms with E-state index in [1.54, 1.807) is 30.3 Å². The molecule has 0 spiro atoms. The third-order valence-corrected chi connectivity index (χ3v) is 4.58. The Kier molecular flexibility index (Phi) is 6.13. The topological polar surface area (TPSA) is 54.9 Å². The largest absolute Gasteiger partial charge is 0.351 e. The minimum atomic E-state index is -0.355. The van der Waals surface area contributed by atoms with Gasteiger partial charge in [0.15, 0.2) is 5.82 Å². The molecule has 138 valence electrons. The molecule has 1 amide bonds. The maximum atomic E-state index is 13.4. The molecule has 27 heavy (non-hydrogen) atoms. The Morgan fingerprint density at radius 3 is 2.56 bits per heavy atom. The van der Waals surface area contributed by atoms with Crippen LogP contribution in [0.3, 0.4) is 0 Å². The van der Waals surface area contributed by atoms with Crippen molar-refractivity contribution in [3.05, 3.63) is 77.5 Å². The van der Waals surface area contributed by atoms with E-state index < -0.39 is 0 Å². The molecule has 2 aromatic carbocycles. The van der Waals surface area contributed by atoms with Gasteiger partial charge in [-0.15, -0.1) is 0 Å². The van der Waals surface area contributed by atoms with Gasteiger partial charge in [0.05, 0.1) is 5.75 Å². The first kappa shape index (κ1) is 19.0. The molecule has 1 N–H and O–H groups in total. The van der Waals surface area contributed by atoms with Crippen LogP contribution >= 0.6 is 11.8 Å². The van der Waals surface area contributed by atoms with Gasteiger partial charge in [-0.3, -0.25) is 4.79 Å². The SMILES string of the molecule is Cc1cc(SCC(=O)NCc2ccc(F)cc2)nc(-c2cccc(F)c2)n1. The number of aromatic nitrogens is 2. The van der Waals surface area contributed by atoms with Gasteiger partial charge in [0.25, 0.3) is 0 Å². The van der Waals surface area contributed by atoms with Gasteiger partial charge in [0.2, 0.25) is 5.91 Å². The van der Waals surface area contributed by atoms with Gasteiger partial charge in [-0.05, 0) is 42.8 Å². The number of thioether (sulfide) groups is 1. The summed E-state index contributed by atoms with van der Waals surface area (Å²) >= 11 is 1.28. The number of hydrogen-bond donors (Lipinski definition) is 1. The van der Waals surface area contributed by atoms with E-state index in [1.165, 1.54) is 36.0 Å². The Balaban J connectivity index is 1.60. The van der Waals surface area contributed by atoms with Crippen LogP contribution in [0.2, 0.25) is 0 Å². The second-order valence-electron chi connectivity index (χ2n) is 5.87. The summed E-state index contributed by atoms with van der Waals surface area (Å²) in [6, 6.07) is 13.8. The predicted molar refractivity (Wildman–Crippen MR) is 101 cm³/mol. The molecule has 0 radical (unpaired) electrons. The highest BCUT2D eigenvalue weighted by Crippen LogP contribution is 2.22. The fourth-order valence-corrected chi connectivity index (χ4v) is 3.15. The average Bonchev–Trinajstić information content (AvgIpc) is 2.65. The molecule has 1 heterocycles. The number of rotatable bonds is 6. The van der Waals surface area contributed by atoms with Gasteiger partial charge in [-0.1, -0.05) is 36.0 Å². The third-order valence-electron chi connectivity index (χ3n) is 3.67. The summed E-state index contributed by atoms with van der Waals surface area (Å²) in [4.78, 5) is 20.8. The second-order valence-corrected chi connectivity index (χ2v) is 6.87. The van der Waals surface area contributed by atoms with E-state index >= 15 is 0 Å². The zero-order valence-electron chi connectivity index (χ0n) is 14.6. The number of amides is 1. The number of halogens is 2. The summed E-state index contributed by atoms with van der Waals surface area (Å²) in [7, 11) is 0. The molecule has 3 rings (SSSR count). The first-order valence-electron chi connectivity index (χ1n) is 8.25. The third kappa shape index (κ3) is 5.59. The molecule has 0 saturated heterocycles. The Hall–Kier alpha value is -2.80. The number of benzene rings is 2. The highest BCUT2D eigenvalue weighted by molar-refractivity contribution is 7.99. The van der Waals surface area contributed by atoms with Crippen molar-refractivity contribution in [3.63, 3.8) is 0 Å². The van der Waals surface area contributed by atoms with Crippen LogP contribution in [0.4, 0.5) is 8.78 Å². The van der Waals surface area contributed by atoms with Crippen LogP contribution in [0.5, 0.6) is 0 Å². The second kappa shape index (κ2) is 8.73. The molecule has 4 nitrogen and oxygen atoms in total. The van der Waals surface area contributed by atoms with Gasteiger partial charge >= 0.3 is 0 Å². The molecule has 1 aromatic heterocycles. The van der Waals surface area contributed by atoms with E-state index in [4.69, 9.17) is 0 Å². The lowest BCUT2D eigenvalue weighted by molar-refractivity contribution is -0.118. The van der Waals surface area contributed by atoms with Crippen LogP contribution in [-0.4, -0.2) is 21.6 Å². The summed E-state index contributed by atoms with van der Waals surface area (Å²) in [5.41, 5.74) is 2.14. The monoisotopic (exact) mass is 385 g/mol. The van der Waals surface area contributed by atoms with Crippen LogP contribution in [-0.2, 0) is 11.3 Å². The number of aryl methyl sites for hydroxylation is 1. The molecule has 0 aliphatic rings. The fraction of sp³-hybridized carbons (Fsp3) is 0.150. The zero-order valence-corrected chi connectivity index (χ0v) is 15.4. The van der Waals surface area contributed by atoms with E-state index in [-0.39, 0.29) is 23.3 Å². The van der Waals surface area contributed by atoms with Gasteiger partial charge in [0.1, 0.15) is 16.7 Å². The minimum absolute atomic E-state index is 0.159. The summed E-state index contributed by atoms with van der Waals surface area (Å²) in [5, 5.41) is 3.42. The standard InChI is InChI=1S/C20H17F2N3OS/c1-13-9-19(25-20(24-13)15-3-2-4-17(22)10-15)27-12-18(26)23-11-14-5-7-16(21)8-6-14/h2-10H,11-12H2,1H3,(H,23,26). The van der Waals surface area contributed by atoms with Crippen LogP contribution in [0.15, 0.2) is 59.6 Å². The van der Waals surface area contributed by atoms with Crippen molar-refractivity contribution in [2.45, 2.75) is 18.5 Å². The van der Waals surface area contributed by atoms with Crippen molar-refractivity contribution in [2.75, 3.05) is 5.75 Å². The van der Waals surface area contributed by atoms with E-state index in [1.807, 2.05) is 6.92 Å². The molecule has 7 heteroatoms. The van der Waals surface area contributed by atoms with Crippen LogP contribution in [0.1, 0.15) is 11.3 Å². The van der Waals surface area contributed by atoms with Gasteiger partial charge in [-0.2, -0.15) is 0 Å². The van der Waals surface area contributed by atoms with E-state index in [9.17, 15) is 13.6 Å². The molecular formula is C20H17F2N3OS. The summed E-state index contributed by atoms with van der Waals surface area (Å²) in [6.45, 7) is 2.15. The highest BCUT2D eigenvalue weighted by Gasteiger charge is 2.09. The number of hydrogen-bond acceptors (Lipinski definition) is 4. The molecule has 0 unspecified atom stereocenters. The first-order chi connectivity index (χ1) is 13.0. The summed E-state index contributed by atoms with van der Waals surface area (Å²) < 4.78 is 26.3. The van der Waals surface area contributed by atoms with Crippen molar-refractivity contribution < 1.29 is 13.6 Å². The average molecular weight is 385 g/mol.